The minimum atomic E-state index is -2.39. The van der Waals surface area contributed by atoms with Crippen molar-refractivity contribution in [3.05, 3.63) is 170 Å². The summed E-state index contributed by atoms with van der Waals surface area (Å²) in [5, 5.41) is 4.49. The fourth-order valence-electron chi connectivity index (χ4n) is 7.67. The van der Waals surface area contributed by atoms with Crippen molar-refractivity contribution in [1.82, 2.24) is 13.1 Å². The van der Waals surface area contributed by atoms with Crippen LogP contribution in [0.25, 0.3) is 81.1 Å². The summed E-state index contributed by atoms with van der Waals surface area (Å²) in [6, 6.07) is 61.2. The monoisotopic (exact) mass is 788 g/mol. The third-order valence-electron chi connectivity index (χ3n) is 9.90. The van der Waals surface area contributed by atoms with E-state index in [1.54, 1.807) is 0 Å². The Labute approximate surface area is 317 Å². The number of pyridine rings is 1. The fourth-order valence-corrected chi connectivity index (χ4v) is 14.8. The average molecular weight is 788 g/mol. The molecule has 0 aliphatic rings. The van der Waals surface area contributed by atoms with Crippen LogP contribution < -0.4 is 8.79 Å². The molecule has 0 unspecified atom stereocenters. The molecule has 0 spiro atoms. The number of nitrogens with zero attached hydrogens (tertiary/aromatic N) is 3. The molecule has 247 valence electrons. The molecule has 7 heteroatoms. The van der Waals surface area contributed by atoms with Gasteiger partial charge in [-0.1, -0.05) is 0 Å². The van der Waals surface area contributed by atoms with Gasteiger partial charge in [0.2, 0.25) is 0 Å². The second-order valence-electron chi connectivity index (χ2n) is 12.8. The van der Waals surface area contributed by atoms with Gasteiger partial charge in [-0.05, 0) is 0 Å². The van der Waals surface area contributed by atoms with Crippen LogP contribution in [0.2, 0.25) is 0 Å². The molecule has 0 fully saturated rings. The van der Waals surface area contributed by atoms with Gasteiger partial charge in [0.05, 0.1) is 0 Å². The summed E-state index contributed by atoms with van der Waals surface area (Å²) >= 11 is -0.536. The number of furan rings is 1. The van der Waals surface area contributed by atoms with Crippen molar-refractivity contribution in [2.24, 2.45) is 0 Å². The first-order chi connectivity index (χ1) is 25.3. The Morgan fingerprint density at radius 1 is 0.654 bits per heavy atom. The van der Waals surface area contributed by atoms with Crippen LogP contribution in [-0.4, -0.2) is 27.6 Å². The Morgan fingerprint density at radius 3 is 2.10 bits per heavy atom. The van der Waals surface area contributed by atoms with Crippen LogP contribution in [-0.2, 0) is 16.5 Å². The summed E-state index contributed by atoms with van der Waals surface area (Å²) in [5.41, 5.74) is 9.22. The fraction of sp³-hybridized carbons (Fsp3) is 0. The van der Waals surface area contributed by atoms with Crippen LogP contribution >= 0.6 is 11.3 Å². The van der Waals surface area contributed by atoms with Gasteiger partial charge in [0.1, 0.15) is 0 Å². The second-order valence-corrected chi connectivity index (χ2v) is 18.7. The Hall–Kier alpha value is -5.39. The molecule has 52 heavy (non-hydrogen) atoms. The maximum atomic E-state index is 6.21. The normalized spacial score (nSPS) is 11.9. The molecule has 0 aliphatic carbocycles. The van der Waals surface area contributed by atoms with E-state index in [1.807, 2.05) is 41.9 Å². The Morgan fingerprint density at radius 2 is 1.35 bits per heavy atom. The maximum absolute atomic E-state index is 6.21. The predicted octanol–water partition coefficient (Wildman–Crippen LogP) is 10.2. The van der Waals surface area contributed by atoms with E-state index in [0.29, 0.717) is 0 Å². The van der Waals surface area contributed by atoms with E-state index in [0.717, 1.165) is 55.2 Å². The topological polar surface area (TPSA) is 35.9 Å². The molecular weight excluding hydrogens is 762 g/mol. The number of para-hydroxylation sites is 2. The van der Waals surface area contributed by atoms with Gasteiger partial charge in [0, 0.05) is 0 Å². The third-order valence-corrected chi connectivity index (χ3v) is 16.7. The number of aromatic nitrogens is 3. The second kappa shape index (κ2) is 12.4. The summed E-state index contributed by atoms with van der Waals surface area (Å²) in [4.78, 5) is 5.69. The predicted molar refractivity (Wildman–Crippen MR) is 213 cm³/mol. The van der Waals surface area contributed by atoms with Gasteiger partial charge in [-0.25, -0.2) is 0 Å². The van der Waals surface area contributed by atoms with E-state index >= 15 is 0 Å². The zero-order valence-corrected chi connectivity index (χ0v) is 31.4. The Bertz CT molecular complexity index is 3050. The number of rotatable bonds is 5. The molecule has 0 atom stereocenters. The van der Waals surface area contributed by atoms with Crippen molar-refractivity contribution in [2.45, 2.75) is 0 Å². The van der Waals surface area contributed by atoms with Gasteiger partial charge in [-0.2, -0.15) is 12.1 Å². The number of hydrogen-bond acceptors (Lipinski definition) is 3. The van der Waals surface area contributed by atoms with Crippen LogP contribution in [0.4, 0.5) is 0 Å². The van der Waals surface area contributed by atoms with Gasteiger partial charge in [0.15, 0.2) is 0 Å². The molecule has 4 nitrogen and oxygen atoms in total. The van der Waals surface area contributed by atoms with Crippen molar-refractivity contribution in [1.29, 1.82) is 0 Å². The molecule has 0 amide bonds. The van der Waals surface area contributed by atoms with E-state index in [4.69, 9.17) is 9.40 Å². The summed E-state index contributed by atoms with van der Waals surface area (Å²) in [6.45, 7) is 0. The van der Waals surface area contributed by atoms with Gasteiger partial charge < -0.3 is 0 Å². The van der Waals surface area contributed by atoms with Crippen molar-refractivity contribution in [3.8, 4) is 16.8 Å². The van der Waals surface area contributed by atoms with Gasteiger partial charge >= 0.3 is 302 Å². The van der Waals surface area contributed by atoms with E-state index in [2.05, 4.69) is 148 Å². The molecule has 0 aliphatic heterocycles. The molecule has 0 bridgehead atoms. The summed E-state index contributed by atoms with van der Waals surface area (Å²) in [5.74, 6) is 0. The SMILES string of the molecule is [Ni+2].[c-]1ccccc1-c1[c-]c2c(-n3c4ccccc4c4cc5sc6c7ccccc7[n]([Ge]([c]7ccccc7)[c]7ccccc7)c6c5nc43)coc2cc1. The molecule has 0 saturated heterocycles. The van der Waals surface area contributed by atoms with E-state index in [-0.39, 0.29) is 16.5 Å². The van der Waals surface area contributed by atoms with Crippen molar-refractivity contribution < 1.29 is 20.9 Å². The first-order valence-electron chi connectivity index (χ1n) is 17.0. The zero-order valence-electron chi connectivity index (χ0n) is 27.5. The molecule has 11 rings (SSSR count). The molecule has 6 aromatic carbocycles. The van der Waals surface area contributed by atoms with E-state index in [9.17, 15) is 0 Å². The first-order valence-corrected chi connectivity index (χ1v) is 20.8. The molecule has 11 aromatic rings. The van der Waals surface area contributed by atoms with Gasteiger partial charge in [-0.15, -0.1) is 6.07 Å². The van der Waals surface area contributed by atoms with E-state index in [1.165, 1.54) is 34.6 Å². The number of hydrogen-bond donors (Lipinski definition) is 0. The van der Waals surface area contributed by atoms with Crippen LogP contribution in [0.1, 0.15) is 0 Å². The molecular formula is C45H26GeN3NiOS. The van der Waals surface area contributed by atoms with Gasteiger partial charge in [-0.3, -0.25) is 0 Å². The first kappa shape index (κ1) is 31.4. The number of fused-ring (bicyclic) bond motifs is 9. The summed E-state index contributed by atoms with van der Waals surface area (Å²) in [7, 11) is 0. The molecule has 5 heterocycles. The van der Waals surface area contributed by atoms with Crippen LogP contribution in [0, 0.1) is 12.1 Å². The Balaban J connectivity index is 0.00000338. The molecule has 0 saturated carbocycles. The molecule has 5 aromatic heterocycles. The molecule has 0 N–H and O–H groups in total. The van der Waals surface area contributed by atoms with Crippen molar-refractivity contribution in [3.63, 3.8) is 0 Å². The van der Waals surface area contributed by atoms with Crippen molar-refractivity contribution >= 4 is 98.9 Å². The zero-order chi connectivity index (χ0) is 33.5. The van der Waals surface area contributed by atoms with Crippen LogP contribution in [0.5, 0.6) is 0 Å². The minimum absolute atomic E-state index is 0. The molecule has 1 radical (unpaired) electrons. The van der Waals surface area contributed by atoms with Crippen LogP contribution in [0.15, 0.2) is 162 Å². The standard InChI is InChI=1S/C45H26GeN3OS.Ni/c1-4-14-29(15-5-1)30-24-25-40-36(26-30)39(28-50-40)48-37-22-12-10-20-33(37)35-27-41-42(47-45(35)48)43-44(51-41)34-21-11-13-23-38(34)49(43)46(31-16-6-2-7-17-31)32-18-8-3-9-19-32;/h1-14,16-25,27-28H;/q-2;+2. The van der Waals surface area contributed by atoms with Crippen molar-refractivity contribution in [2.75, 3.05) is 0 Å². The summed E-state index contributed by atoms with van der Waals surface area (Å²) < 4.78 is 16.4. The average Bonchev–Trinajstić information content (AvgIpc) is 3.94. The van der Waals surface area contributed by atoms with Crippen LogP contribution in [0.3, 0.4) is 0 Å². The van der Waals surface area contributed by atoms with Gasteiger partial charge in [0.25, 0.3) is 0 Å². The number of benzene rings is 6. The third kappa shape index (κ3) is 4.68. The number of thiophene rings is 1. The quantitative estimate of drug-likeness (QED) is 0.129. The van der Waals surface area contributed by atoms with E-state index < -0.39 is 14.6 Å². The Kier molecular flexibility index (Phi) is 7.47. The summed E-state index contributed by atoms with van der Waals surface area (Å²) in [6.07, 6.45) is 1.85.